The SMILES string of the molecule is CC(C)(O)C(C)(C)OBc1ccc2c(c1)OC1C=CC=CC1C21c2ccccc2-c2c1cc(C#N)c1ccccc21. The van der Waals surface area contributed by atoms with Crippen molar-refractivity contribution in [3.63, 3.8) is 0 Å². The molecule has 0 saturated carbocycles. The molecule has 4 nitrogen and oxygen atoms in total. The molecule has 1 heterocycles. The van der Waals surface area contributed by atoms with E-state index in [0.717, 1.165) is 33.1 Å². The number of nitrogens with zero attached hydrogens (tertiary/aromatic N) is 1. The van der Waals surface area contributed by atoms with Gasteiger partial charge in [-0.3, -0.25) is 0 Å². The third-order valence-corrected chi connectivity index (χ3v) is 9.60. The van der Waals surface area contributed by atoms with E-state index in [1.807, 2.05) is 26.0 Å². The Morgan fingerprint density at radius 2 is 1.61 bits per heavy atom. The van der Waals surface area contributed by atoms with Gasteiger partial charge in [-0.25, -0.2) is 0 Å². The lowest BCUT2D eigenvalue weighted by Crippen LogP contribution is -2.49. The molecule has 0 bridgehead atoms. The van der Waals surface area contributed by atoms with Crippen LogP contribution in [0.25, 0.3) is 21.9 Å². The summed E-state index contributed by atoms with van der Waals surface area (Å²) in [7, 11) is 0.348. The lowest BCUT2D eigenvalue weighted by atomic mass is 9.59. The van der Waals surface area contributed by atoms with Crippen molar-refractivity contribution in [2.24, 2.45) is 5.92 Å². The predicted octanol–water partition coefficient (Wildman–Crippen LogP) is 6.07. The molecule has 4 aromatic rings. The van der Waals surface area contributed by atoms with E-state index in [1.165, 1.54) is 16.7 Å². The molecule has 7 rings (SSSR count). The van der Waals surface area contributed by atoms with Gasteiger partial charge in [-0.2, -0.15) is 5.26 Å². The first-order valence-corrected chi connectivity index (χ1v) is 14.2. The molecule has 2 aliphatic carbocycles. The largest absolute Gasteiger partial charge is 0.485 e. The number of hydrogen-bond acceptors (Lipinski definition) is 4. The van der Waals surface area contributed by atoms with Crippen molar-refractivity contribution >= 4 is 23.7 Å². The highest BCUT2D eigenvalue weighted by molar-refractivity contribution is 6.47. The van der Waals surface area contributed by atoms with Gasteiger partial charge in [0.15, 0.2) is 0 Å². The fourth-order valence-corrected chi connectivity index (χ4v) is 6.84. The van der Waals surface area contributed by atoms with Crippen LogP contribution < -0.4 is 10.2 Å². The maximum Gasteiger partial charge on any atom is 0.309 e. The summed E-state index contributed by atoms with van der Waals surface area (Å²) in [5, 5.41) is 23.0. The average molecular weight is 537 g/mol. The zero-order valence-corrected chi connectivity index (χ0v) is 23.8. The summed E-state index contributed by atoms with van der Waals surface area (Å²) < 4.78 is 12.9. The molecular weight excluding hydrogens is 505 g/mol. The monoisotopic (exact) mass is 537 g/mol. The smallest absolute Gasteiger partial charge is 0.309 e. The summed E-state index contributed by atoms with van der Waals surface area (Å²) >= 11 is 0. The number of fused-ring (bicyclic) bond motifs is 11. The molecule has 0 amide bonds. The summed E-state index contributed by atoms with van der Waals surface area (Å²) in [6.45, 7) is 7.35. The summed E-state index contributed by atoms with van der Waals surface area (Å²) in [5.74, 6) is 0.828. The molecule has 202 valence electrons. The molecule has 4 aromatic carbocycles. The first-order chi connectivity index (χ1) is 19.7. The minimum atomic E-state index is -0.993. The maximum atomic E-state index is 10.6. The lowest BCUT2D eigenvalue weighted by molar-refractivity contribution is -0.0893. The van der Waals surface area contributed by atoms with E-state index in [1.54, 1.807) is 13.8 Å². The van der Waals surface area contributed by atoms with Crippen molar-refractivity contribution in [1.82, 2.24) is 0 Å². The number of aliphatic hydroxyl groups is 1. The molecule has 41 heavy (non-hydrogen) atoms. The number of ether oxygens (including phenoxy) is 1. The van der Waals surface area contributed by atoms with Gasteiger partial charge in [0.2, 0.25) is 0 Å². The van der Waals surface area contributed by atoms with Crippen LogP contribution in [0, 0.1) is 17.2 Å². The van der Waals surface area contributed by atoms with Crippen LogP contribution in [-0.2, 0) is 10.1 Å². The first kappa shape index (κ1) is 25.8. The van der Waals surface area contributed by atoms with Gasteiger partial charge >= 0.3 is 7.48 Å². The molecule has 0 radical (unpaired) electrons. The van der Waals surface area contributed by atoms with Gasteiger partial charge in [0.05, 0.1) is 28.2 Å². The highest BCUT2D eigenvalue weighted by Crippen LogP contribution is 2.62. The van der Waals surface area contributed by atoms with E-state index in [0.29, 0.717) is 13.0 Å². The lowest BCUT2D eigenvalue weighted by Gasteiger charge is -2.47. The molecule has 0 fully saturated rings. The Labute approximate surface area is 241 Å². The van der Waals surface area contributed by atoms with Gasteiger partial charge in [-0.05, 0) is 79.0 Å². The van der Waals surface area contributed by atoms with Gasteiger partial charge < -0.3 is 14.5 Å². The molecule has 3 aliphatic rings. The van der Waals surface area contributed by atoms with Crippen molar-refractivity contribution in [3.8, 4) is 22.9 Å². The first-order valence-electron chi connectivity index (χ1n) is 14.2. The Bertz CT molecular complexity index is 1820. The molecule has 3 atom stereocenters. The van der Waals surface area contributed by atoms with E-state index < -0.39 is 16.6 Å². The third-order valence-electron chi connectivity index (χ3n) is 9.60. The Hall–Kier alpha value is -4.11. The quantitative estimate of drug-likeness (QED) is 0.321. The second-order valence-corrected chi connectivity index (χ2v) is 12.4. The van der Waals surface area contributed by atoms with E-state index in [2.05, 4.69) is 91.0 Å². The second-order valence-electron chi connectivity index (χ2n) is 12.4. The van der Waals surface area contributed by atoms with Crippen molar-refractivity contribution in [1.29, 1.82) is 5.26 Å². The normalized spacial score (nSPS) is 22.0. The van der Waals surface area contributed by atoms with Crippen LogP contribution in [-0.4, -0.2) is 29.9 Å². The molecule has 5 heteroatoms. The van der Waals surface area contributed by atoms with Crippen molar-refractivity contribution < 1.29 is 14.5 Å². The molecule has 0 saturated heterocycles. The number of allylic oxidation sites excluding steroid dienone is 2. The summed E-state index contributed by atoms with van der Waals surface area (Å²) in [6.07, 6.45) is 8.41. The standard InChI is InChI=1S/C36H32BNO3/c1-34(2,39)35(3,4)41-37-23-17-18-29-32(20-23)40-31-16-10-9-15-28(31)36(29)27-14-8-7-13-26(27)33-25-12-6-5-11-24(25)22(21-38)19-30(33)36/h5-20,28,31,37,39H,1-4H3. The van der Waals surface area contributed by atoms with Crippen LogP contribution in [0.2, 0.25) is 0 Å². The molecule has 0 aromatic heterocycles. The van der Waals surface area contributed by atoms with Crippen LogP contribution in [0.15, 0.2) is 97.1 Å². The topological polar surface area (TPSA) is 62.5 Å². The van der Waals surface area contributed by atoms with E-state index >= 15 is 0 Å². The zero-order valence-electron chi connectivity index (χ0n) is 23.8. The van der Waals surface area contributed by atoms with E-state index in [4.69, 9.17) is 9.39 Å². The van der Waals surface area contributed by atoms with Gasteiger partial charge in [0.25, 0.3) is 0 Å². The fourth-order valence-electron chi connectivity index (χ4n) is 6.84. The molecule has 1 spiro atoms. The van der Waals surface area contributed by atoms with Crippen LogP contribution in [0.3, 0.4) is 0 Å². The van der Waals surface area contributed by atoms with Gasteiger partial charge in [0.1, 0.15) is 11.9 Å². The predicted molar refractivity (Wildman–Crippen MR) is 165 cm³/mol. The Balaban J connectivity index is 1.49. The van der Waals surface area contributed by atoms with Crippen LogP contribution >= 0.6 is 0 Å². The maximum absolute atomic E-state index is 10.6. The zero-order chi connectivity index (χ0) is 28.6. The number of nitriles is 1. The van der Waals surface area contributed by atoms with Crippen molar-refractivity contribution in [2.45, 2.75) is 50.4 Å². The Morgan fingerprint density at radius 3 is 2.39 bits per heavy atom. The van der Waals surface area contributed by atoms with Crippen LogP contribution in [0.1, 0.15) is 49.9 Å². The summed E-state index contributed by atoms with van der Waals surface area (Å²) in [5.41, 5.74) is 5.29. The van der Waals surface area contributed by atoms with Crippen LogP contribution in [0.4, 0.5) is 0 Å². The van der Waals surface area contributed by atoms with E-state index in [-0.39, 0.29) is 12.0 Å². The highest BCUT2D eigenvalue weighted by atomic mass is 16.5. The summed E-state index contributed by atoms with van der Waals surface area (Å²) in [6, 6.07) is 27.9. The average Bonchev–Trinajstić information content (AvgIpc) is 3.26. The number of benzene rings is 4. The molecule has 1 aliphatic heterocycles. The second kappa shape index (κ2) is 8.95. The number of rotatable bonds is 4. The highest BCUT2D eigenvalue weighted by Gasteiger charge is 2.56. The minimum Gasteiger partial charge on any atom is -0.485 e. The van der Waals surface area contributed by atoms with Crippen molar-refractivity contribution in [2.75, 3.05) is 0 Å². The number of hydrogen-bond donors (Lipinski definition) is 1. The van der Waals surface area contributed by atoms with Gasteiger partial charge in [-0.1, -0.05) is 78.9 Å². The third kappa shape index (κ3) is 3.61. The minimum absolute atomic E-state index is 0.00586. The molecule has 3 unspecified atom stereocenters. The van der Waals surface area contributed by atoms with Crippen molar-refractivity contribution in [3.05, 3.63) is 119 Å². The fraction of sp³-hybridized carbons (Fsp3) is 0.250. The Kier molecular flexibility index (Phi) is 5.64. The Morgan fingerprint density at radius 1 is 0.878 bits per heavy atom. The molecule has 1 N–H and O–H groups in total. The van der Waals surface area contributed by atoms with Gasteiger partial charge in [-0.15, -0.1) is 0 Å². The van der Waals surface area contributed by atoms with Crippen LogP contribution in [0.5, 0.6) is 5.75 Å². The summed E-state index contributed by atoms with van der Waals surface area (Å²) in [4.78, 5) is 0. The van der Waals surface area contributed by atoms with E-state index in [9.17, 15) is 10.4 Å². The van der Waals surface area contributed by atoms with Gasteiger partial charge in [0, 0.05) is 16.9 Å². The molecular formula is C36H32BNO3.